The number of hydrogen-bond donors (Lipinski definition) is 1. The van der Waals surface area contributed by atoms with E-state index in [1.807, 2.05) is 0 Å². The fourth-order valence-electron chi connectivity index (χ4n) is 2.75. The highest BCUT2D eigenvalue weighted by Gasteiger charge is 2.36. The topological polar surface area (TPSA) is 66.8 Å². The molecule has 114 valence electrons. The number of piperidine rings is 1. The van der Waals surface area contributed by atoms with E-state index >= 15 is 0 Å². The highest BCUT2D eigenvalue weighted by atomic mass is 19.1. The fraction of sp³-hybridized carbons (Fsp3) is 0.467. The second kappa shape index (κ2) is 6.11. The van der Waals surface area contributed by atoms with Crippen LogP contribution in [0.3, 0.4) is 0 Å². The highest BCUT2D eigenvalue weighted by molar-refractivity contribution is 5.95. The molecular formula is C15H18FNO4. The summed E-state index contributed by atoms with van der Waals surface area (Å²) in [6.07, 6.45) is 1.12. The first-order valence-electron chi connectivity index (χ1n) is 6.83. The first-order chi connectivity index (χ1) is 9.97. The molecule has 0 spiro atoms. The Morgan fingerprint density at radius 3 is 2.76 bits per heavy atom. The van der Waals surface area contributed by atoms with Crippen molar-refractivity contribution in [2.24, 2.45) is 5.92 Å². The predicted molar refractivity (Wildman–Crippen MR) is 73.8 cm³/mol. The standard InChI is InChI=1S/C15H18FNO4/c1-9-10(15(19)20)6-4-8-17(9)14(18)11-5-3-7-12(21-2)13(11)16/h3,5,7,9-10H,4,6,8H2,1-2H3,(H,19,20)/t9-,10-/m0/s1. The average Bonchev–Trinajstić information content (AvgIpc) is 2.46. The molecule has 1 aliphatic rings. The van der Waals surface area contributed by atoms with Gasteiger partial charge in [0, 0.05) is 12.6 Å². The molecule has 1 fully saturated rings. The third kappa shape index (κ3) is 2.84. The minimum absolute atomic E-state index is 0.000275. The monoisotopic (exact) mass is 295 g/mol. The summed E-state index contributed by atoms with van der Waals surface area (Å²) in [7, 11) is 1.33. The number of aliphatic carboxylic acids is 1. The van der Waals surface area contributed by atoms with Gasteiger partial charge in [-0.25, -0.2) is 4.39 Å². The largest absolute Gasteiger partial charge is 0.494 e. The number of benzene rings is 1. The van der Waals surface area contributed by atoms with Crippen LogP contribution in [0.15, 0.2) is 18.2 Å². The van der Waals surface area contributed by atoms with E-state index in [1.165, 1.54) is 24.1 Å². The number of hydrogen-bond acceptors (Lipinski definition) is 3. The number of carboxylic acid groups (broad SMARTS) is 1. The molecule has 0 saturated carbocycles. The van der Waals surface area contributed by atoms with Gasteiger partial charge in [-0.05, 0) is 31.9 Å². The molecule has 5 nitrogen and oxygen atoms in total. The third-order valence-corrected chi connectivity index (χ3v) is 3.98. The van der Waals surface area contributed by atoms with Crippen LogP contribution in [0, 0.1) is 11.7 Å². The molecule has 1 aliphatic heterocycles. The number of ether oxygens (including phenoxy) is 1. The summed E-state index contributed by atoms with van der Waals surface area (Å²) in [6.45, 7) is 2.12. The zero-order chi connectivity index (χ0) is 15.6. The van der Waals surface area contributed by atoms with E-state index in [1.54, 1.807) is 13.0 Å². The van der Waals surface area contributed by atoms with Crippen LogP contribution in [0.1, 0.15) is 30.1 Å². The fourth-order valence-corrected chi connectivity index (χ4v) is 2.75. The number of rotatable bonds is 3. The summed E-state index contributed by atoms with van der Waals surface area (Å²) in [5.41, 5.74) is -0.0905. The molecule has 0 aromatic heterocycles. The molecule has 0 aliphatic carbocycles. The zero-order valence-electron chi connectivity index (χ0n) is 12.0. The van der Waals surface area contributed by atoms with Gasteiger partial charge in [-0.2, -0.15) is 0 Å². The van der Waals surface area contributed by atoms with Crippen molar-refractivity contribution in [1.82, 2.24) is 4.90 Å². The van der Waals surface area contributed by atoms with E-state index in [2.05, 4.69) is 0 Å². The minimum atomic E-state index is -0.925. The first kappa shape index (κ1) is 15.3. The van der Waals surface area contributed by atoms with Gasteiger partial charge in [-0.1, -0.05) is 6.07 Å². The first-order valence-corrected chi connectivity index (χ1v) is 6.83. The summed E-state index contributed by atoms with van der Waals surface area (Å²) in [4.78, 5) is 25.1. The minimum Gasteiger partial charge on any atom is -0.494 e. The molecule has 0 radical (unpaired) electrons. The number of carbonyl (C=O) groups excluding carboxylic acids is 1. The van der Waals surface area contributed by atoms with Crippen LogP contribution in [0.25, 0.3) is 0 Å². The Morgan fingerprint density at radius 2 is 2.14 bits per heavy atom. The molecule has 0 bridgehead atoms. The Labute approximate surface area is 122 Å². The Hall–Kier alpha value is -2.11. The summed E-state index contributed by atoms with van der Waals surface area (Å²) >= 11 is 0. The van der Waals surface area contributed by atoms with Crippen molar-refractivity contribution in [2.75, 3.05) is 13.7 Å². The normalized spacial score (nSPS) is 22.0. The van der Waals surface area contributed by atoms with Gasteiger partial charge >= 0.3 is 5.97 Å². The quantitative estimate of drug-likeness (QED) is 0.928. The van der Waals surface area contributed by atoms with Gasteiger partial charge in [0.1, 0.15) is 0 Å². The van der Waals surface area contributed by atoms with E-state index in [4.69, 9.17) is 4.74 Å². The molecule has 1 heterocycles. The molecule has 1 saturated heterocycles. The van der Waals surface area contributed by atoms with E-state index in [9.17, 15) is 19.1 Å². The van der Waals surface area contributed by atoms with Crippen LogP contribution < -0.4 is 4.74 Å². The predicted octanol–water partition coefficient (Wildman–Crippen LogP) is 2.16. The highest BCUT2D eigenvalue weighted by Crippen LogP contribution is 2.27. The molecule has 2 atom stereocenters. The van der Waals surface area contributed by atoms with Gasteiger partial charge in [-0.3, -0.25) is 9.59 Å². The molecule has 1 aromatic rings. The van der Waals surface area contributed by atoms with Crippen molar-refractivity contribution in [3.63, 3.8) is 0 Å². The van der Waals surface area contributed by atoms with Gasteiger partial charge in [0.05, 0.1) is 18.6 Å². The van der Waals surface area contributed by atoms with Crippen LogP contribution in [-0.4, -0.2) is 41.6 Å². The lowest BCUT2D eigenvalue weighted by Gasteiger charge is -2.37. The summed E-state index contributed by atoms with van der Waals surface area (Å²) < 4.78 is 19.0. The van der Waals surface area contributed by atoms with E-state index in [0.717, 1.165) is 0 Å². The number of amides is 1. The van der Waals surface area contributed by atoms with Crippen LogP contribution in [0.2, 0.25) is 0 Å². The smallest absolute Gasteiger partial charge is 0.308 e. The van der Waals surface area contributed by atoms with Gasteiger partial charge < -0.3 is 14.7 Å². The lowest BCUT2D eigenvalue weighted by Crippen LogP contribution is -2.49. The number of halogens is 1. The molecule has 6 heteroatoms. The van der Waals surface area contributed by atoms with Crippen molar-refractivity contribution in [3.8, 4) is 5.75 Å². The Balaban J connectivity index is 2.29. The lowest BCUT2D eigenvalue weighted by molar-refractivity contribution is -0.144. The third-order valence-electron chi connectivity index (χ3n) is 3.98. The van der Waals surface area contributed by atoms with Crippen LogP contribution in [0.5, 0.6) is 5.75 Å². The van der Waals surface area contributed by atoms with Gasteiger partial charge in [0.25, 0.3) is 5.91 Å². The maximum atomic E-state index is 14.2. The number of likely N-dealkylation sites (tertiary alicyclic amines) is 1. The second-order valence-electron chi connectivity index (χ2n) is 5.15. The van der Waals surface area contributed by atoms with E-state index in [0.29, 0.717) is 19.4 Å². The Morgan fingerprint density at radius 1 is 1.43 bits per heavy atom. The molecular weight excluding hydrogens is 277 g/mol. The molecule has 2 rings (SSSR count). The molecule has 1 amide bonds. The van der Waals surface area contributed by atoms with Gasteiger partial charge in [0.2, 0.25) is 0 Å². The van der Waals surface area contributed by atoms with Crippen molar-refractivity contribution in [1.29, 1.82) is 0 Å². The molecule has 0 unspecified atom stereocenters. The SMILES string of the molecule is COc1cccc(C(=O)N2CCC[C@H](C(=O)O)[C@@H]2C)c1F. The van der Waals surface area contributed by atoms with E-state index in [-0.39, 0.29) is 11.3 Å². The molecule has 1 aromatic carbocycles. The number of methoxy groups -OCH3 is 1. The van der Waals surface area contributed by atoms with Gasteiger partial charge in [0.15, 0.2) is 11.6 Å². The van der Waals surface area contributed by atoms with Gasteiger partial charge in [-0.15, -0.1) is 0 Å². The zero-order valence-corrected chi connectivity index (χ0v) is 12.0. The van der Waals surface area contributed by atoms with Crippen LogP contribution >= 0.6 is 0 Å². The summed E-state index contributed by atoms with van der Waals surface area (Å²) in [6, 6.07) is 3.90. The number of carboxylic acids is 1. The second-order valence-corrected chi connectivity index (χ2v) is 5.15. The molecule has 21 heavy (non-hydrogen) atoms. The molecule has 1 N–H and O–H groups in total. The average molecular weight is 295 g/mol. The van der Waals surface area contributed by atoms with E-state index < -0.39 is 29.7 Å². The summed E-state index contributed by atoms with van der Waals surface area (Å²) in [5, 5.41) is 9.18. The Bertz CT molecular complexity index is 561. The Kier molecular flexibility index (Phi) is 4.45. The maximum absolute atomic E-state index is 14.2. The van der Waals surface area contributed by atoms with Crippen molar-refractivity contribution in [3.05, 3.63) is 29.6 Å². The number of nitrogens with zero attached hydrogens (tertiary/aromatic N) is 1. The van der Waals surface area contributed by atoms with Crippen LogP contribution in [-0.2, 0) is 4.79 Å². The van der Waals surface area contributed by atoms with Crippen molar-refractivity contribution in [2.45, 2.75) is 25.8 Å². The van der Waals surface area contributed by atoms with Crippen molar-refractivity contribution >= 4 is 11.9 Å². The number of carbonyl (C=O) groups is 2. The van der Waals surface area contributed by atoms with Crippen LogP contribution in [0.4, 0.5) is 4.39 Å². The maximum Gasteiger partial charge on any atom is 0.308 e. The summed E-state index contributed by atoms with van der Waals surface area (Å²) in [5.74, 6) is -2.75. The van der Waals surface area contributed by atoms with Crippen molar-refractivity contribution < 1.29 is 23.8 Å². The lowest BCUT2D eigenvalue weighted by atomic mass is 9.90.